The number of benzene rings is 2. The van der Waals surface area contributed by atoms with Gasteiger partial charge < -0.3 is 4.57 Å². The molecule has 7 heteroatoms. The highest BCUT2D eigenvalue weighted by molar-refractivity contribution is 7.90. The highest BCUT2D eigenvalue weighted by Gasteiger charge is 2.13. The number of terminal acetylenes is 1. The van der Waals surface area contributed by atoms with Gasteiger partial charge in [-0.2, -0.15) is 4.99 Å². The molecule has 0 bridgehead atoms. The molecule has 1 amide bonds. The number of hydrogen-bond acceptors (Lipinski definition) is 4. The fourth-order valence-corrected chi connectivity index (χ4v) is 4.25. The van der Waals surface area contributed by atoms with E-state index in [0.717, 1.165) is 17.3 Å². The molecule has 0 aliphatic rings. The van der Waals surface area contributed by atoms with E-state index in [9.17, 15) is 13.2 Å². The Balaban J connectivity index is 2.18. The number of thiazole rings is 1. The van der Waals surface area contributed by atoms with Crippen molar-refractivity contribution in [2.24, 2.45) is 4.99 Å². The van der Waals surface area contributed by atoms with E-state index in [0.29, 0.717) is 15.1 Å². The highest BCUT2D eigenvalue weighted by atomic mass is 32.2. The molecule has 0 unspecified atom stereocenters. The van der Waals surface area contributed by atoms with E-state index >= 15 is 0 Å². The summed E-state index contributed by atoms with van der Waals surface area (Å²) >= 11 is 1.24. The lowest BCUT2D eigenvalue weighted by Crippen LogP contribution is -2.16. The van der Waals surface area contributed by atoms with Crippen LogP contribution in [-0.4, -0.2) is 25.1 Å². The standard InChI is InChI=1S/C19H16N2O3S2/c1-4-11-21-16-10-9-15(26(3,23)24)12-17(16)25-19(21)20-18(22)14-7-5-13(2)6-8-14/h1,5-10,12H,11H2,2-3H3. The lowest BCUT2D eigenvalue weighted by atomic mass is 10.1. The zero-order chi connectivity index (χ0) is 18.9. The number of rotatable bonds is 3. The van der Waals surface area contributed by atoms with E-state index in [1.807, 2.05) is 19.1 Å². The normalized spacial score (nSPS) is 12.3. The zero-order valence-electron chi connectivity index (χ0n) is 14.3. The van der Waals surface area contributed by atoms with Crippen molar-refractivity contribution in [1.29, 1.82) is 0 Å². The Kier molecular flexibility index (Phi) is 4.81. The van der Waals surface area contributed by atoms with Crippen LogP contribution in [0.2, 0.25) is 0 Å². The number of aromatic nitrogens is 1. The molecule has 132 valence electrons. The highest BCUT2D eigenvalue weighted by Crippen LogP contribution is 2.22. The first-order valence-electron chi connectivity index (χ1n) is 7.72. The summed E-state index contributed by atoms with van der Waals surface area (Å²) in [5.41, 5.74) is 2.28. The second-order valence-electron chi connectivity index (χ2n) is 5.86. The van der Waals surface area contributed by atoms with Gasteiger partial charge in [-0.3, -0.25) is 4.79 Å². The van der Waals surface area contributed by atoms with Gasteiger partial charge in [0.1, 0.15) is 0 Å². The van der Waals surface area contributed by atoms with Gasteiger partial charge in [0.2, 0.25) is 0 Å². The van der Waals surface area contributed by atoms with Crippen LogP contribution in [0.4, 0.5) is 0 Å². The molecule has 3 rings (SSSR count). The Morgan fingerprint density at radius 1 is 1.23 bits per heavy atom. The molecule has 0 saturated heterocycles. The number of carbonyl (C=O) groups is 1. The minimum Gasteiger partial charge on any atom is -0.305 e. The molecule has 3 aromatic rings. The molecule has 0 spiro atoms. The van der Waals surface area contributed by atoms with E-state index in [2.05, 4.69) is 10.9 Å². The van der Waals surface area contributed by atoms with E-state index in [1.165, 1.54) is 17.4 Å². The maximum atomic E-state index is 12.5. The minimum absolute atomic E-state index is 0.218. The third kappa shape index (κ3) is 3.62. The average molecular weight is 384 g/mol. The van der Waals surface area contributed by atoms with Crippen LogP contribution in [0.15, 0.2) is 52.4 Å². The summed E-state index contributed by atoms with van der Waals surface area (Å²) in [5, 5.41) is 0. The molecule has 26 heavy (non-hydrogen) atoms. The first kappa shape index (κ1) is 18.1. The van der Waals surface area contributed by atoms with E-state index in [1.54, 1.807) is 28.8 Å². The van der Waals surface area contributed by atoms with Crippen molar-refractivity contribution >= 4 is 37.3 Å². The lowest BCUT2D eigenvalue weighted by molar-refractivity contribution is 0.0998. The van der Waals surface area contributed by atoms with E-state index < -0.39 is 9.84 Å². The number of carbonyl (C=O) groups excluding carboxylic acids is 1. The summed E-state index contributed by atoms with van der Waals surface area (Å²) in [7, 11) is -3.32. The van der Waals surface area contributed by atoms with Crippen molar-refractivity contribution in [3.8, 4) is 12.3 Å². The molecule has 2 aromatic carbocycles. The van der Waals surface area contributed by atoms with Crippen molar-refractivity contribution in [2.45, 2.75) is 18.4 Å². The van der Waals surface area contributed by atoms with E-state index in [-0.39, 0.29) is 17.3 Å². The number of fused-ring (bicyclic) bond motifs is 1. The van der Waals surface area contributed by atoms with Gasteiger partial charge in [0, 0.05) is 11.8 Å². The van der Waals surface area contributed by atoms with Crippen LogP contribution in [0.25, 0.3) is 10.2 Å². The van der Waals surface area contributed by atoms with Crippen LogP contribution in [0.3, 0.4) is 0 Å². The maximum Gasteiger partial charge on any atom is 0.279 e. The van der Waals surface area contributed by atoms with Crippen molar-refractivity contribution in [3.05, 3.63) is 58.4 Å². The Hall–Kier alpha value is -2.69. The first-order chi connectivity index (χ1) is 12.3. The largest absolute Gasteiger partial charge is 0.305 e. The molecule has 1 heterocycles. The van der Waals surface area contributed by atoms with Gasteiger partial charge in [0.15, 0.2) is 14.6 Å². The second kappa shape index (κ2) is 6.90. The van der Waals surface area contributed by atoms with Gasteiger partial charge in [-0.15, -0.1) is 6.42 Å². The predicted molar refractivity (Wildman–Crippen MR) is 103 cm³/mol. The smallest absolute Gasteiger partial charge is 0.279 e. The molecule has 1 aromatic heterocycles. The van der Waals surface area contributed by atoms with Crippen LogP contribution in [-0.2, 0) is 16.4 Å². The summed E-state index contributed by atoms with van der Waals surface area (Å²) in [6.45, 7) is 2.18. The molecule has 0 atom stereocenters. The lowest BCUT2D eigenvalue weighted by Gasteiger charge is -2.01. The van der Waals surface area contributed by atoms with Gasteiger partial charge in [0.25, 0.3) is 5.91 Å². The van der Waals surface area contributed by atoms with Crippen LogP contribution >= 0.6 is 11.3 Å². The number of amides is 1. The third-order valence-corrected chi connectivity index (χ3v) is 5.98. The van der Waals surface area contributed by atoms with Crippen LogP contribution in [0.5, 0.6) is 0 Å². The molecule has 0 radical (unpaired) electrons. The first-order valence-corrected chi connectivity index (χ1v) is 10.4. The molecule has 0 aliphatic heterocycles. The van der Waals surface area contributed by atoms with Gasteiger partial charge in [-0.05, 0) is 37.3 Å². The van der Waals surface area contributed by atoms with Crippen LogP contribution in [0.1, 0.15) is 15.9 Å². The molecular formula is C19H16N2O3S2. The van der Waals surface area contributed by atoms with Crippen molar-refractivity contribution in [2.75, 3.05) is 6.26 Å². The Labute approximate surface area is 155 Å². The molecular weight excluding hydrogens is 368 g/mol. The Bertz CT molecular complexity index is 1210. The van der Waals surface area contributed by atoms with E-state index in [4.69, 9.17) is 6.42 Å². The third-order valence-electron chi connectivity index (χ3n) is 3.83. The number of hydrogen-bond donors (Lipinski definition) is 0. The molecule has 0 fully saturated rings. The number of sulfone groups is 1. The fourth-order valence-electron chi connectivity index (χ4n) is 2.46. The summed E-state index contributed by atoms with van der Waals surface area (Å²) < 4.78 is 26.0. The van der Waals surface area contributed by atoms with Gasteiger partial charge in [-0.25, -0.2) is 8.42 Å². The topological polar surface area (TPSA) is 68.5 Å². The predicted octanol–water partition coefficient (Wildman–Crippen LogP) is 2.79. The molecule has 0 saturated carbocycles. The quantitative estimate of drug-likeness (QED) is 0.652. The van der Waals surface area contributed by atoms with Crippen molar-refractivity contribution in [1.82, 2.24) is 4.57 Å². The van der Waals surface area contributed by atoms with Crippen molar-refractivity contribution in [3.63, 3.8) is 0 Å². The summed E-state index contributed by atoms with van der Waals surface area (Å²) in [6.07, 6.45) is 6.60. The monoisotopic (exact) mass is 384 g/mol. The Morgan fingerprint density at radius 3 is 2.54 bits per heavy atom. The van der Waals surface area contributed by atoms with Gasteiger partial charge >= 0.3 is 0 Å². The van der Waals surface area contributed by atoms with Gasteiger partial charge in [0.05, 0.1) is 21.7 Å². The number of nitrogens with zero attached hydrogens (tertiary/aromatic N) is 2. The fraction of sp³-hybridized carbons (Fsp3) is 0.158. The number of aryl methyl sites for hydroxylation is 1. The zero-order valence-corrected chi connectivity index (χ0v) is 15.9. The second-order valence-corrected chi connectivity index (χ2v) is 8.88. The molecule has 0 N–H and O–H groups in total. The SMILES string of the molecule is C#CCn1c(=NC(=O)c2ccc(C)cc2)sc2cc(S(C)(=O)=O)ccc21. The summed E-state index contributed by atoms with van der Waals surface area (Å²) in [5.74, 6) is 2.18. The molecule has 5 nitrogen and oxygen atoms in total. The molecule has 0 aliphatic carbocycles. The Morgan fingerprint density at radius 2 is 1.92 bits per heavy atom. The summed E-state index contributed by atoms with van der Waals surface area (Å²) in [4.78, 5) is 17.3. The average Bonchev–Trinajstić information content (AvgIpc) is 2.92. The minimum atomic E-state index is -3.32. The van der Waals surface area contributed by atoms with Crippen molar-refractivity contribution < 1.29 is 13.2 Å². The van der Waals surface area contributed by atoms with Crippen LogP contribution in [0, 0.1) is 19.3 Å². The summed E-state index contributed by atoms with van der Waals surface area (Å²) in [6, 6.07) is 11.9. The van der Waals surface area contributed by atoms with Gasteiger partial charge in [-0.1, -0.05) is 35.0 Å². The van der Waals surface area contributed by atoms with Crippen LogP contribution < -0.4 is 4.80 Å². The maximum absolute atomic E-state index is 12.5.